The van der Waals surface area contributed by atoms with Gasteiger partial charge in [0.2, 0.25) is 0 Å². The van der Waals surface area contributed by atoms with Gasteiger partial charge in [-0.3, -0.25) is 0 Å². The van der Waals surface area contributed by atoms with Crippen molar-refractivity contribution in [1.29, 1.82) is 0 Å². The van der Waals surface area contributed by atoms with E-state index in [1.807, 2.05) is 0 Å². The third-order valence-electron chi connectivity index (χ3n) is 3.36. The zero-order chi connectivity index (χ0) is 22.2. The fraction of sp³-hybridized carbons (Fsp3) is 1.00. The van der Waals surface area contributed by atoms with Crippen LogP contribution >= 0.6 is 0 Å². The van der Waals surface area contributed by atoms with Crippen LogP contribution in [0.15, 0.2) is 0 Å². The van der Waals surface area contributed by atoms with Gasteiger partial charge >= 0.3 is 78.6 Å². The van der Waals surface area contributed by atoms with Gasteiger partial charge in [0.15, 0.2) is 0 Å². The molecular weight excluding hydrogens is 580 g/mol. The first-order valence-electron chi connectivity index (χ1n) is 7.55. The SMILES string of the molecule is O=S(=O)([O-])CCN(CCN(CCS(=O)(=O)[O-])CCS(=O)(=O)[O-])CCS(=O)(=O)[O-].[Na+].[Na+].[Zn+2]. The average Bonchev–Trinajstić information content (AvgIpc) is 2.44. The molecule has 0 atom stereocenters. The van der Waals surface area contributed by atoms with Gasteiger partial charge in [0.05, 0.1) is 63.5 Å². The molecule has 0 radical (unpaired) electrons. The van der Waals surface area contributed by atoms with Crippen LogP contribution in [0.1, 0.15) is 0 Å². The summed E-state index contributed by atoms with van der Waals surface area (Å²) in [5.74, 6) is -3.57. The molecule has 0 heterocycles. The summed E-state index contributed by atoms with van der Waals surface area (Å²) in [5, 5.41) is 0. The minimum atomic E-state index is -4.64. The van der Waals surface area contributed by atoms with Crippen LogP contribution in [0.4, 0.5) is 0 Å². The smallest absolute Gasteiger partial charge is 0.748 e. The average molecular weight is 600 g/mol. The first-order valence-corrected chi connectivity index (χ1v) is 13.9. The maximum atomic E-state index is 10.7. The largest absolute Gasteiger partial charge is 2.00 e. The molecule has 0 amide bonds. The molecule has 0 unspecified atom stereocenters. The second-order valence-corrected chi connectivity index (χ2v) is 11.8. The van der Waals surface area contributed by atoms with Crippen LogP contribution in [0.25, 0.3) is 0 Å². The third-order valence-corrected chi connectivity index (χ3v) is 6.09. The molecule has 0 fully saturated rings. The standard InChI is InChI=1S/C10H24N2O12S4.2Na.Zn/c13-25(14,15)7-3-11(4-8-26(16,17)18)1-2-12(5-9-27(19,20)21)6-10-28(22,23)24;;;/h1-10H2,(H,13,14,15)(H,16,17,18)(H,19,20,21)(H,22,23,24);;;/q;2*+1;+2/p-4. The van der Waals surface area contributed by atoms with Crippen molar-refractivity contribution in [2.24, 2.45) is 0 Å². The number of hydrogen-bond acceptors (Lipinski definition) is 14. The first-order chi connectivity index (χ1) is 12.4. The Labute approximate surface area is 240 Å². The van der Waals surface area contributed by atoms with Gasteiger partial charge in [0.25, 0.3) is 0 Å². The number of nitrogens with zero attached hydrogens (tertiary/aromatic N) is 2. The molecule has 0 rings (SSSR count). The van der Waals surface area contributed by atoms with Gasteiger partial charge in [-0.05, 0) is 0 Å². The topological polar surface area (TPSA) is 235 Å². The van der Waals surface area contributed by atoms with Crippen molar-refractivity contribution in [3.05, 3.63) is 0 Å². The Kier molecular flexibility index (Phi) is 22.9. The molecule has 0 saturated carbocycles. The van der Waals surface area contributed by atoms with E-state index in [0.29, 0.717) is 0 Å². The molecule has 0 aliphatic heterocycles. The molecule has 0 aliphatic carbocycles. The normalized spacial score (nSPS) is 12.7. The van der Waals surface area contributed by atoms with E-state index in [2.05, 4.69) is 0 Å². The molecule has 0 saturated heterocycles. The molecule has 0 N–H and O–H groups in total. The molecule has 31 heavy (non-hydrogen) atoms. The Balaban J connectivity index is -0.00000121. The van der Waals surface area contributed by atoms with Crippen molar-refractivity contribution >= 4 is 40.5 Å². The quantitative estimate of drug-likeness (QED) is 0.125. The molecule has 14 nitrogen and oxygen atoms in total. The Bertz CT molecular complexity index is 763. The summed E-state index contributed by atoms with van der Waals surface area (Å²) < 4.78 is 129. The minimum absolute atomic E-state index is 0. The Morgan fingerprint density at radius 1 is 0.419 bits per heavy atom. The van der Waals surface area contributed by atoms with Crippen LogP contribution < -0.4 is 59.1 Å². The summed E-state index contributed by atoms with van der Waals surface area (Å²) in [7, 11) is -18.6. The van der Waals surface area contributed by atoms with E-state index in [1.54, 1.807) is 0 Å². The van der Waals surface area contributed by atoms with Crippen molar-refractivity contribution < 1.29 is 130 Å². The van der Waals surface area contributed by atoms with Crippen LogP contribution in [0, 0.1) is 0 Å². The Hall–Kier alpha value is 2.18. The van der Waals surface area contributed by atoms with Crippen molar-refractivity contribution in [1.82, 2.24) is 9.80 Å². The maximum Gasteiger partial charge on any atom is 2.00 e. The van der Waals surface area contributed by atoms with Crippen molar-refractivity contribution in [2.75, 3.05) is 62.3 Å². The van der Waals surface area contributed by atoms with E-state index < -0.39 is 89.7 Å². The van der Waals surface area contributed by atoms with E-state index in [9.17, 15) is 51.9 Å². The van der Waals surface area contributed by atoms with Gasteiger partial charge in [-0.2, -0.15) is 0 Å². The summed E-state index contributed by atoms with van der Waals surface area (Å²) in [4.78, 5) is 2.24. The summed E-state index contributed by atoms with van der Waals surface area (Å²) >= 11 is 0. The van der Waals surface area contributed by atoms with Gasteiger partial charge in [0.1, 0.15) is 0 Å². The zero-order valence-corrected chi connectivity index (χ0v) is 27.4. The van der Waals surface area contributed by atoms with Crippen molar-refractivity contribution in [2.45, 2.75) is 0 Å². The van der Waals surface area contributed by atoms with E-state index in [1.165, 1.54) is 0 Å². The summed E-state index contributed by atoms with van der Waals surface area (Å²) in [6, 6.07) is 0. The predicted octanol–water partition coefficient (Wildman–Crippen LogP) is -10.2. The fourth-order valence-corrected chi connectivity index (χ4v) is 3.84. The molecule has 0 aromatic carbocycles. The maximum absolute atomic E-state index is 10.7. The summed E-state index contributed by atoms with van der Waals surface area (Å²) in [5.41, 5.74) is 0. The molecular formula is C10H20N2Na2O12S4Zn. The van der Waals surface area contributed by atoms with Gasteiger partial charge < -0.3 is 28.0 Å². The Morgan fingerprint density at radius 3 is 0.710 bits per heavy atom. The van der Waals surface area contributed by atoms with Crippen LogP contribution in [0.2, 0.25) is 0 Å². The van der Waals surface area contributed by atoms with E-state index in [-0.39, 0.29) is 91.7 Å². The fourth-order valence-electron chi connectivity index (χ4n) is 1.92. The molecule has 0 aromatic heterocycles. The van der Waals surface area contributed by atoms with Gasteiger partial charge in [-0.15, -0.1) is 0 Å². The molecule has 0 aliphatic rings. The summed E-state index contributed by atoms with van der Waals surface area (Å²) in [6.07, 6.45) is 0. The van der Waals surface area contributed by atoms with Crippen LogP contribution in [-0.2, 0) is 60.0 Å². The molecule has 21 heteroatoms. The van der Waals surface area contributed by atoms with Gasteiger partial charge in [-0.1, -0.05) is 0 Å². The van der Waals surface area contributed by atoms with Crippen LogP contribution in [0.3, 0.4) is 0 Å². The zero-order valence-electron chi connectivity index (χ0n) is 17.2. The second-order valence-electron chi connectivity index (χ2n) is 5.73. The number of hydrogen-bond donors (Lipinski definition) is 0. The molecule has 0 bridgehead atoms. The first kappa shape index (κ1) is 40.4. The van der Waals surface area contributed by atoms with Gasteiger partial charge in [-0.25, -0.2) is 33.7 Å². The van der Waals surface area contributed by atoms with Crippen LogP contribution in [-0.4, -0.2) is 124 Å². The van der Waals surface area contributed by atoms with Crippen molar-refractivity contribution in [3.8, 4) is 0 Å². The van der Waals surface area contributed by atoms with Crippen molar-refractivity contribution in [3.63, 3.8) is 0 Å². The number of rotatable bonds is 15. The second kappa shape index (κ2) is 17.6. The summed E-state index contributed by atoms with van der Waals surface area (Å²) in [6.45, 7) is -2.13. The van der Waals surface area contributed by atoms with Gasteiger partial charge in [0, 0.05) is 39.3 Å². The van der Waals surface area contributed by atoms with E-state index >= 15 is 0 Å². The molecule has 170 valence electrons. The monoisotopic (exact) mass is 598 g/mol. The Morgan fingerprint density at radius 2 is 0.581 bits per heavy atom. The molecule has 0 spiro atoms. The van der Waals surface area contributed by atoms with E-state index in [4.69, 9.17) is 0 Å². The molecule has 0 aromatic rings. The third kappa shape index (κ3) is 30.2. The minimum Gasteiger partial charge on any atom is -0.748 e. The van der Waals surface area contributed by atoms with E-state index in [0.717, 1.165) is 9.80 Å². The predicted molar refractivity (Wildman–Crippen MR) is 91.1 cm³/mol. The van der Waals surface area contributed by atoms with Crippen LogP contribution in [0.5, 0.6) is 0 Å².